The maximum atomic E-state index is 12.6. The quantitative estimate of drug-likeness (QED) is 0.355. The number of nitrogens with one attached hydrogen (secondary N) is 2. The molecule has 2 N–H and O–H groups in total. The van der Waals surface area contributed by atoms with Crippen LogP contribution in [0.2, 0.25) is 5.02 Å². The number of benzene rings is 4. The second-order valence-corrected chi connectivity index (χ2v) is 10.0. The molecule has 5 rings (SSSR count). The van der Waals surface area contributed by atoms with Crippen molar-refractivity contribution in [2.45, 2.75) is 10.9 Å². The van der Waals surface area contributed by atoms with Crippen molar-refractivity contribution in [3.63, 3.8) is 0 Å². The van der Waals surface area contributed by atoms with E-state index in [4.69, 9.17) is 11.6 Å². The van der Waals surface area contributed by atoms with Crippen LogP contribution in [0.5, 0.6) is 0 Å². The van der Waals surface area contributed by atoms with E-state index in [2.05, 4.69) is 45.4 Å². The number of hydrogen-bond acceptors (Lipinski definition) is 4. The molecule has 5 nitrogen and oxygen atoms in total. The number of rotatable bonds is 6. The molecule has 1 aliphatic rings. The van der Waals surface area contributed by atoms with Gasteiger partial charge in [0.1, 0.15) is 10.7 Å². The number of anilines is 1. The summed E-state index contributed by atoms with van der Waals surface area (Å²) < 4.78 is 29.3. The van der Waals surface area contributed by atoms with Gasteiger partial charge in [0.05, 0.1) is 18.3 Å². The zero-order chi connectivity index (χ0) is 23.5. The van der Waals surface area contributed by atoms with Crippen LogP contribution >= 0.6 is 11.6 Å². The molecule has 1 aliphatic heterocycles. The molecule has 0 radical (unpaired) electrons. The van der Waals surface area contributed by atoms with Gasteiger partial charge in [0.15, 0.2) is 0 Å². The summed E-state index contributed by atoms with van der Waals surface area (Å²) in [6.45, 7) is 0.233. The number of nitrogens with zero attached hydrogens (tertiary/aromatic N) is 1. The normalized spacial score (nSPS) is 15.0. The Labute approximate surface area is 204 Å². The maximum Gasteiger partial charge on any atom is 0.286 e. The van der Waals surface area contributed by atoms with E-state index in [1.807, 2.05) is 48.5 Å². The zero-order valence-corrected chi connectivity index (χ0v) is 19.7. The highest BCUT2D eigenvalue weighted by Gasteiger charge is 2.25. The van der Waals surface area contributed by atoms with Gasteiger partial charge >= 0.3 is 0 Å². The molecule has 0 fully saturated rings. The Kier molecular flexibility index (Phi) is 6.20. The third kappa shape index (κ3) is 4.75. The van der Waals surface area contributed by atoms with Crippen molar-refractivity contribution in [1.82, 2.24) is 5.32 Å². The van der Waals surface area contributed by atoms with Gasteiger partial charge in [-0.2, -0.15) is 8.42 Å². The largest absolute Gasteiger partial charge is 0.341 e. The van der Waals surface area contributed by atoms with Gasteiger partial charge in [-0.3, -0.25) is 5.32 Å². The predicted octanol–water partition coefficient (Wildman–Crippen LogP) is 5.90. The Morgan fingerprint density at radius 3 is 2.29 bits per heavy atom. The minimum Gasteiger partial charge on any atom is -0.341 e. The van der Waals surface area contributed by atoms with Gasteiger partial charge in [-0.25, -0.2) is 0 Å². The molecule has 1 unspecified atom stereocenters. The zero-order valence-electron chi connectivity index (χ0n) is 18.1. The van der Waals surface area contributed by atoms with Crippen molar-refractivity contribution in [2.24, 2.45) is 4.40 Å². The highest BCUT2D eigenvalue weighted by molar-refractivity contribution is 7.90. The first-order chi connectivity index (χ1) is 16.5. The third-order valence-corrected chi connectivity index (χ3v) is 7.30. The lowest BCUT2D eigenvalue weighted by Crippen LogP contribution is -2.34. The van der Waals surface area contributed by atoms with Gasteiger partial charge in [-0.15, -0.1) is 4.40 Å². The lowest BCUT2D eigenvalue weighted by Gasteiger charge is -2.23. The molecule has 7 heteroatoms. The number of halogens is 1. The van der Waals surface area contributed by atoms with Crippen LogP contribution in [0.15, 0.2) is 112 Å². The topological polar surface area (TPSA) is 70.6 Å². The van der Waals surface area contributed by atoms with E-state index in [1.165, 1.54) is 0 Å². The molecule has 0 saturated heterocycles. The molecule has 0 amide bonds. The first kappa shape index (κ1) is 22.3. The van der Waals surface area contributed by atoms with Gasteiger partial charge in [0.25, 0.3) is 10.0 Å². The van der Waals surface area contributed by atoms with Gasteiger partial charge in [0.2, 0.25) is 0 Å². The third-order valence-electron chi connectivity index (χ3n) is 5.68. The average Bonchev–Trinajstić information content (AvgIpc) is 2.86. The second-order valence-electron chi connectivity index (χ2n) is 7.99. The molecule has 170 valence electrons. The van der Waals surface area contributed by atoms with Gasteiger partial charge in [0, 0.05) is 5.02 Å². The number of fused-ring (bicyclic) bond motifs is 1. The molecule has 0 aromatic heterocycles. The summed E-state index contributed by atoms with van der Waals surface area (Å²) in [7, 11) is -3.75. The molecular weight excluding hydrogens is 466 g/mol. The van der Waals surface area contributed by atoms with Crippen molar-refractivity contribution in [1.29, 1.82) is 0 Å². The Morgan fingerprint density at radius 1 is 0.794 bits per heavy atom. The first-order valence-corrected chi connectivity index (χ1v) is 12.7. The van der Waals surface area contributed by atoms with Crippen molar-refractivity contribution < 1.29 is 8.42 Å². The molecule has 0 saturated carbocycles. The van der Waals surface area contributed by atoms with Crippen molar-refractivity contribution >= 4 is 33.1 Å². The first-order valence-electron chi connectivity index (χ1n) is 10.8. The van der Waals surface area contributed by atoms with E-state index < -0.39 is 10.0 Å². The fourth-order valence-electron chi connectivity index (χ4n) is 4.05. The summed E-state index contributed by atoms with van der Waals surface area (Å²) in [5.41, 5.74) is 4.81. The molecule has 1 heterocycles. The van der Waals surface area contributed by atoms with Crippen LogP contribution in [0.3, 0.4) is 0 Å². The van der Waals surface area contributed by atoms with Gasteiger partial charge < -0.3 is 5.32 Å². The van der Waals surface area contributed by atoms with E-state index in [9.17, 15) is 8.42 Å². The molecule has 0 spiro atoms. The van der Waals surface area contributed by atoms with E-state index in [0.717, 1.165) is 22.3 Å². The number of hydrogen-bond donors (Lipinski definition) is 2. The standard InChI is InChI=1S/C27H22ClN3O2S/c28-23-15-13-20(14-16-23)27(22-10-6-9-21(17-22)19-7-2-1-3-8-19)29-18-26-30-24-11-4-5-12-25(24)34(32,33)31-26/h1-17,27,29H,18H2,(H,30,31). The molecular formula is C27H22ClN3O2S. The van der Waals surface area contributed by atoms with E-state index in [0.29, 0.717) is 16.5 Å². The Bertz CT molecular complexity index is 1450. The van der Waals surface area contributed by atoms with Crippen LogP contribution in [0.25, 0.3) is 11.1 Å². The van der Waals surface area contributed by atoms with E-state index in [-0.39, 0.29) is 17.5 Å². The van der Waals surface area contributed by atoms with Crippen molar-refractivity contribution in [2.75, 3.05) is 11.9 Å². The van der Waals surface area contributed by atoms with Crippen LogP contribution in [-0.4, -0.2) is 20.8 Å². The lowest BCUT2D eigenvalue weighted by molar-refractivity contribution is 0.597. The summed E-state index contributed by atoms with van der Waals surface area (Å²) in [5.74, 6) is 0.344. The van der Waals surface area contributed by atoms with E-state index >= 15 is 0 Å². The minimum absolute atomic E-state index is 0.184. The number of amidine groups is 1. The van der Waals surface area contributed by atoms with Crippen LogP contribution in [0, 0.1) is 0 Å². The average molecular weight is 488 g/mol. The highest BCUT2D eigenvalue weighted by Crippen LogP contribution is 2.29. The Morgan fingerprint density at radius 2 is 1.50 bits per heavy atom. The number of sulfonamides is 1. The summed E-state index contributed by atoms with van der Waals surface area (Å²) in [5, 5.41) is 7.29. The molecule has 1 atom stereocenters. The lowest BCUT2D eigenvalue weighted by atomic mass is 9.95. The molecule has 0 aliphatic carbocycles. The fraction of sp³-hybridized carbons (Fsp3) is 0.0741. The Hall–Kier alpha value is -3.45. The molecule has 4 aromatic carbocycles. The van der Waals surface area contributed by atoms with Gasteiger partial charge in [-0.1, -0.05) is 84.4 Å². The molecule has 34 heavy (non-hydrogen) atoms. The van der Waals surface area contributed by atoms with Crippen LogP contribution < -0.4 is 10.6 Å². The minimum atomic E-state index is -3.75. The number of para-hydroxylation sites is 1. The predicted molar refractivity (Wildman–Crippen MR) is 138 cm³/mol. The summed E-state index contributed by atoms with van der Waals surface area (Å²) >= 11 is 6.13. The summed E-state index contributed by atoms with van der Waals surface area (Å²) in [6.07, 6.45) is 0. The molecule has 4 aromatic rings. The van der Waals surface area contributed by atoms with Crippen LogP contribution in [0.1, 0.15) is 17.2 Å². The van der Waals surface area contributed by atoms with Crippen molar-refractivity contribution in [3.8, 4) is 11.1 Å². The smallest absolute Gasteiger partial charge is 0.286 e. The van der Waals surface area contributed by atoms with Gasteiger partial charge in [-0.05, 0) is 52.6 Å². The fourth-order valence-corrected chi connectivity index (χ4v) is 5.33. The van der Waals surface area contributed by atoms with Crippen LogP contribution in [0.4, 0.5) is 5.69 Å². The monoisotopic (exact) mass is 487 g/mol. The van der Waals surface area contributed by atoms with Crippen LogP contribution in [-0.2, 0) is 10.0 Å². The SMILES string of the molecule is O=S1(=O)N=C(CNC(c2ccc(Cl)cc2)c2cccc(-c3ccccc3)c2)Nc2ccccc21. The highest BCUT2D eigenvalue weighted by atomic mass is 35.5. The molecule has 0 bridgehead atoms. The summed E-state index contributed by atoms with van der Waals surface area (Å²) in [6, 6.07) is 32.7. The van der Waals surface area contributed by atoms with Crippen molar-refractivity contribution in [3.05, 3.63) is 119 Å². The van der Waals surface area contributed by atoms with E-state index in [1.54, 1.807) is 24.3 Å². The maximum absolute atomic E-state index is 12.6. The second kappa shape index (κ2) is 9.43. The summed E-state index contributed by atoms with van der Waals surface area (Å²) in [4.78, 5) is 0.184. The Balaban J connectivity index is 1.47.